The van der Waals surface area contributed by atoms with Gasteiger partial charge in [-0.1, -0.05) is 25.1 Å². The lowest BCUT2D eigenvalue weighted by Gasteiger charge is -2.32. The number of rotatable bonds is 7. The molecule has 2 fully saturated rings. The van der Waals surface area contributed by atoms with Gasteiger partial charge in [-0.05, 0) is 63.2 Å². The van der Waals surface area contributed by atoms with Gasteiger partial charge in [0.25, 0.3) is 0 Å². The molecule has 6 nitrogen and oxygen atoms in total. The molecule has 2 aliphatic heterocycles. The number of carbonyl (C=O) groups is 1. The van der Waals surface area contributed by atoms with E-state index in [9.17, 15) is 13.2 Å². The highest BCUT2D eigenvalue weighted by Crippen LogP contribution is 2.23. The molecule has 2 aliphatic rings. The summed E-state index contributed by atoms with van der Waals surface area (Å²) in [5.41, 5.74) is 0. The molecule has 0 spiro atoms. The van der Waals surface area contributed by atoms with Crippen LogP contribution in [-0.2, 0) is 14.8 Å². The standard InChI is InChI=1S/C21H33N3O3S/c1-18-8-5-13-23(16-18)14-7-12-22-21(25)19-9-6-15-24(17-19)28(26,27)20-10-3-2-4-11-20/h2-4,10-11,18-19H,5-9,12-17H2,1H3,(H,22,25)/t18-,19-/m0/s1. The Bertz CT molecular complexity index is 739. The number of nitrogens with one attached hydrogen (secondary N) is 1. The first-order valence-electron chi connectivity index (χ1n) is 10.5. The van der Waals surface area contributed by atoms with E-state index in [1.807, 2.05) is 0 Å². The largest absolute Gasteiger partial charge is 0.356 e. The lowest BCUT2D eigenvalue weighted by molar-refractivity contribution is -0.126. The van der Waals surface area contributed by atoms with Gasteiger partial charge in [0.1, 0.15) is 0 Å². The lowest BCUT2D eigenvalue weighted by atomic mass is 9.99. The van der Waals surface area contributed by atoms with Gasteiger partial charge in [0, 0.05) is 26.2 Å². The fourth-order valence-corrected chi connectivity index (χ4v) is 5.81. The zero-order chi connectivity index (χ0) is 20.0. The molecule has 0 radical (unpaired) electrons. The number of nitrogens with zero attached hydrogens (tertiary/aromatic N) is 2. The molecule has 3 rings (SSSR count). The summed E-state index contributed by atoms with van der Waals surface area (Å²) in [6.45, 7) is 7.04. The van der Waals surface area contributed by atoms with Crippen LogP contribution in [0.1, 0.15) is 39.0 Å². The number of carbonyl (C=O) groups excluding carboxylic acids is 1. The Morgan fingerprint density at radius 3 is 2.61 bits per heavy atom. The highest BCUT2D eigenvalue weighted by atomic mass is 32.2. The van der Waals surface area contributed by atoms with E-state index in [0.29, 0.717) is 18.0 Å². The number of benzene rings is 1. The molecule has 1 aromatic carbocycles. The second kappa shape index (κ2) is 9.85. The third-order valence-electron chi connectivity index (χ3n) is 5.83. The normalized spacial score (nSPS) is 24.8. The van der Waals surface area contributed by atoms with Gasteiger partial charge in [-0.3, -0.25) is 4.79 Å². The van der Waals surface area contributed by atoms with E-state index in [2.05, 4.69) is 17.1 Å². The van der Waals surface area contributed by atoms with Crippen LogP contribution in [0.4, 0.5) is 0 Å². The summed E-state index contributed by atoms with van der Waals surface area (Å²) in [4.78, 5) is 15.3. The van der Waals surface area contributed by atoms with Crippen LogP contribution in [0.2, 0.25) is 0 Å². The molecule has 2 atom stereocenters. The zero-order valence-corrected chi connectivity index (χ0v) is 17.7. The average molecular weight is 408 g/mol. The Morgan fingerprint density at radius 2 is 1.86 bits per heavy atom. The summed E-state index contributed by atoms with van der Waals surface area (Å²) in [6, 6.07) is 8.48. The second-order valence-electron chi connectivity index (χ2n) is 8.21. The number of piperidine rings is 2. The van der Waals surface area contributed by atoms with Crippen molar-refractivity contribution in [3.63, 3.8) is 0 Å². The molecule has 0 saturated carbocycles. The van der Waals surface area contributed by atoms with Crippen molar-refractivity contribution in [3.8, 4) is 0 Å². The molecule has 0 unspecified atom stereocenters. The molecular formula is C21H33N3O3S. The lowest BCUT2D eigenvalue weighted by Crippen LogP contribution is -2.45. The van der Waals surface area contributed by atoms with Crippen LogP contribution in [0.5, 0.6) is 0 Å². The highest BCUT2D eigenvalue weighted by molar-refractivity contribution is 7.89. The molecule has 2 heterocycles. The van der Waals surface area contributed by atoms with Crippen LogP contribution in [0.25, 0.3) is 0 Å². The maximum atomic E-state index is 12.8. The Balaban J connectivity index is 1.45. The fourth-order valence-electron chi connectivity index (χ4n) is 4.26. The molecular weight excluding hydrogens is 374 g/mol. The smallest absolute Gasteiger partial charge is 0.243 e. The minimum Gasteiger partial charge on any atom is -0.356 e. The molecule has 28 heavy (non-hydrogen) atoms. The quantitative estimate of drug-likeness (QED) is 0.705. The van der Waals surface area contributed by atoms with E-state index in [1.54, 1.807) is 30.3 Å². The van der Waals surface area contributed by atoms with Gasteiger partial charge in [0.05, 0.1) is 10.8 Å². The first kappa shape index (κ1) is 21.3. The SMILES string of the molecule is C[C@H]1CCCN(CCCNC(=O)[C@H]2CCCN(S(=O)(=O)c3ccccc3)C2)C1. The van der Waals surface area contributed by atoms with Gasteiger partial charge in [-0.2, -0.15) is 4.31 Å². The van der Waals surface area contributed by atoms with Crippen LogP contribution in [-0.4, -0.2) is 62.8 Å². The summed E-state index contributed by atoms with van der Waals surface area (Å²) in [5, 5.41) is 3.03. The van der Waals surface area contributed by atoms with E-state index >= 15 is 0 Å². The van der Waals surface area contributed by atoms with Crippen molar-refractivity contribution in [1.82, 2.24) is 14.5 Å². The predicted octanol–water partition coefficient (Wildman–Crippen LogP) is 2.33. The minimum absolute atomic E-state index is 0.0139. The molecule has 7 heteroatoms. The second-order valence-corrected chi connectivity index (χ2v) is 10.1. The summed E-state index contributed by atoms with van der Waals surface area (Å²) in [5.74, 6) is 0.491. The van der Waals surface area contributed by atoms with E-state index in [4.69, 9.17) is 0 Å². The Labute approximate surface area is 169 Å². The summed E-state index contributed by atoms with van der Waals surface area (Å²) >= 11 is 0. The van der Waals surface area contributed by atoms with Crippen molar-refractivity contribution in [2.24, 2.45) is 11.8 Å². The van der Waals surface area contributed by atoms with Gasteiger partial charge < -0.3 is 10.2 Å². The zero-order valence-electron chi connectivity index (χ0n) is 16.8. The van der Waals surface area contributed by atoms with Crippen LogP contribution < -0.4 is 5.32 Å². The van der Waals surface area contributed by atoms with Crippen LogP contribution in [0.3, 0.4) is 0 Å². The first-order chi connectivity index (χ1) is 13.5. The maximum Gasteiger partial charge on any atom is 0.243 e. The predicted molar refractivity (Wildman–Crippen MR) is 110 cm³/mol. The first-order valence-corrected chi connectivity index (χ1v) is 12.0. The van der Waals surface area contributed by atoms with E-state index < -0.39 is 10.0 Å². The van der Waals surface area contributed by atoms with Crippen molar-refractivity contribution in [2.45, 2.75) is 43.9 Å². The maximum absolute atomic E-state index is 12.8. The van der Waals surface area contributed by atoms with Crippen molar-refractivity contribution in [1.29, 1.82) is 0 Å². The number of amides is 1. The van der Waals surface area contributed by atoms with E-state index in [1.165, 1.54) is 17.1 Å². The van der Waals surface area contributed by atoms with E-state index in [-0.39, 0.29) is 18.4 Å². The van der Waals surface area contributed by atoms with Crippen LogP contribution in [0.15, 0.2) is 35.2 Å². The molecule has 0 aromatic heterocycles. The van der Waals surface area contributed by atoms with Gasteiger partial charge >= 0.3 is 0 Å². The number of likely N-dealkylation sites (tertiary alicyclic amines) is 1. The van der Waals surface area contributed by atoms with Gasteiger partial charge in [-0.25, -0.2) is 8.42 Å². The van der Waals surface area contributed by atoms with Gasteiger partial charge in [0.15, 0.2) is 0 Å². The molecule has 1 amide bonds. The third-order valence-corrected chi connectivity index (χ3v) is 7.71. The minimum atomic E-state index is -3.53. The van der Waals surface area contributed by atoms with Gasteiger partial charge in [-0.15, -0.1) is 0 Å². The van der Waals surface area contributed by atoms with Crippen molar-refractivity contribution in [3.05, 3.63) is 30.3 Å². The molecule has 0 bridgehead atoms. The summed E-state index contributed by atoms with van der Waals surface area (Å²) in [6.07, 6.45) is 4.99. The number of hydrogen-bond donors (Lipinski definition) is 1. The van der Waals surface area contributed by atoms with Crippen LogP contribution in [0, 0.1) is 11.8 Å². The Hall–Kier alpha value is -1.44. The summed E-state index contributed by atoms with van der Waals surface area (Å²) < 4.78 is 27.1. The molecule has 1 aromatic rings. The topological polar surface area (TPSA) is 69.7 Å². The fraction of sp³-hybridized carbons (Fsp3) is 0.667. The monoisotopic (exact) mass is 407 g/mol. The highest BCUT2D eigenvalue weighted by Gasteiger charge is 2.33. The molecule has 2 saturated heterocycles. The molecule has 0 aliphatic carbocycles. The summed E-state index contributed by atoms with van der Waals surface area (Å²) in [7, 11) is -3.53. The van der Waals surface area contributed by atoms with Gasteiger partial charge in [0.2, 0.25) is 15.9 Å². The molecule has 1 N–H and O–H groups in total. The average Bonchev–Trinajstić information content (AvgIpc) is 2.72. The number of hydrogen-bond acceptors (Lipinski definition) is 4. The Kier molecular flexibility index (Phi) is 7.48. The van der Waals surface area contributed by atoms with Crippen molar-refractivity contribution < 1.29 is 13.2 Å². The van der Waals surface area contributed by atoms with Crippen molar-refractivity contribution >= 4 is 15.9 Å². The van der Waals surface area contributed by atoms with Crippen LogP contribution >= 0.6 is 0 Å². The van der Waals surface area contributed by atoms with E-state index in [0.717, 1.165) is 44.8 Å². The Morgan fingerprint density at radius 1 is 1.11 bits per heavy atom. The van der Waals surface area contributed by atoms with Crippen molar-refractivity contribution in [2.75, 3.05) is 39.3 Å². The molecule has 156 valence electrons. The third kappa shape index (κ3) is 5.55. The number of sulfonamides is 1.